The van der Waals surface area contributed by atoms with Crippen molar-refractivity contribution in [3.8, 4) is 0 Å². The smallest absolute Gasteiger partial charge is 0.227 e. The van der Waals surface area contributed by atoms with Crippen LogP contribution in [0.2, 0.25) is 0 Å². The Morgan fingerprint density at radius 1 is 1.10 bits per heavy atom. The number of benzene rings is 1. The minimum atomic E-state index is -0.572. The van der Waals surface area contributed by atoms with Crippen molar-refractivity contribution >= 4 is 41.5 Å². The van der Waals surface area contributed by atoms with E-state index in [1.807, 2.05) is 44.2 Å². The van der Waals surface area contributed by atoms with Gasteiger partial charge < -0.3 is 25.3 Å². The van der Waals surface area contributed by atoms with Crippen molar-refractivity contribution in [1.82, 2.24) is 16.0 Å². The van der Waals surface area contributed by atoms with Crippen molar-refractivity contribution in [2.24, 2.45) is 10.4 Å². The number of rotatable bonds is 11. The number of carbonyl (C=O) groups is 1. The van der Waals surface area contributed by atoms with E-state index < -0.39 is 5.41 Å². The molecule has 0 aliphatic rings. The van der Waals surface area contributed by atoms with Gasteiger partial charge >= 0.3 is 0 Å². The fourth-order valence-corrected chi connectivity index (χ4v) is 2.95. The zero-order valence-corrected chi connectivity index (χ0v) is 21.3. The highest BCUT2D eigenvalue weighted by molar-refractivity contribution is 14.0. The van der Waals surface area contributed by atoms with Gasteiger partial charge in [0.15, 0.2) is 5.96 Å². The number of guanidine groups is 1. The maximum Gasteiger partial charge on any atom is 0.227 e. The molecule has 1 aromatic carbocycles. The number of nitrogens with zero attached hydrogens (tertiary/aromatic N) is 2. The van der Waals surface area contributed by atoms with E-state index in [4.69, 9.17) is 4.42 Å². The Morgan fingerprint density at radius 2 is 1.81 bits per heavy atom. The second-order valence-corrected chi connectivity index (χ2v) is 7.92. The van der Waals surface area contributed by atoms with Crippen LogP contribution in [0.1, 0.15) is 26.0 Å². The molecular weight excluding hydrogens is 505 g/mol. The third-order valence-corrected chi connectivity index (χ3v) is 4.88. The lowest BCUT2D eigenvalue weighted by Gasteiger charge is -2.22. The van der Waals surface area contributed by atoms with Crippen LogP contribution in [0.3, 0.4) is 0 Å². The number of hydrogen-bond acceptors (Lipinski definition) is 4. The van der Waals surface area contributed by atoms with E-state index >= 15 is 0 Å². The first-order valence-electron chi connectivity index (χ1n) is 10.5. The molecule has 7 nitrogen and oxygen atoms in total. The molecule has 0 spiro atoms. The zero-order valence-electron chi connectivity index (χ0n) is 19.0. The molecule has 0 atom stereocenters. The molecule has 0 bridgehead atoms. The molecule has 31 heavy (non-hydrogen) atoms. The lowest BCUT2D eigenvalue weighted by Crippen LogP contribution is -2.42. The molecule has 172 valence electrons. The molecule has 0 radical (unpaired) electrons. The normalized spacial score (nSPS) is 11.4. The van der Waals surface area contributed by atoms with Crippen LogP contribution in [0, 0.1) is 5.41 Å². The Hall–Kier alpha value is -2.23. The summed E-state index contributed by atoms with van der Waals surface area (Å²) < 4.78 is 5.38. The van der Waals surface area contributed by atoms with E-state index in [2.05, 4.69) is 45.0 Å². The number of furan rings is 1. The van der Waals surface area contributed by atoms with E-state index in [1.165, 1.54) is 5.69 Å². The molecule has 3 N–H and O–H groups in total. The van der Waals surface area contributed by atoms with Crippen molar-refractivity contribution in [2.75, 3.05) is 45.2 Å². The number of hydrogen-bond donors (Lipinski definition) is 3. The van der Waals surface area contributed by atoms with Crippen LogP contribution in [0.4, 0.5) is 5.69 Å². The van der Waals surface area contributed by atoms with Gasteiger partial charge in [-0.2, -0.15) is 0 Å². The molecule has 1 amide bonds. The van der Waals surface area contributed by atoms with Gasteiger partial charge in [0.05, 0.1) is 18.2 Å². The molecule has 0 fully saturated rings. The Kier molecular flexibility index (Phi) is 12.1. The predicted octanol–water partition coefficient (Wildman–Crippen LogP) is 3.27. The summed E-state index contributed by atoms with van der Waals surface area (Å²) in [5, 5.41) is 9.43. The van der Waals surface area contributed by atoms with Gasteiger partial charge in [0.2, 0.25) is 5.91 Å². The summed E-state index contributed by atoms with van der Waals surface area (Å²) in [5.41, 5.74) is 0.632. The number of para-hydroxylation sites is 1. The maximum absolute atomic E-state index is 12.0. The van der Waals surface area contributed by atoms with Gasteiger partial charge in [-0.3, -0.25) is 9.79 Å². The van der Waals surface area contributed by atoms with E-state index in [9.17, 15) is 4.79 Å². The first-order valence-corrected chi connectivity index (χ1v) is 10.5. The Bertz CT molecular complexity index is 779. The average Bonchev–Trinajstić information content (AvgIpc) is 3.27. The molecule has 8 heteroatoms. The molecule has 0 unspecified atom stereocenters. The van der Waals surface area contributed by atoms with Crippen LogP contribution in [0.5, 0.6) is 0 Å². The van der Waals surface area contributed by atoms with E-state index in [1.54, 1.807) is 13.3 Å². The van der Waals surface area contributed by atoms with Gasteiger partial charge in [-0.25, -0.2) is 0 Å². The van der Waals surface area contributed by atoms with Crippen molar-refractivity contribution in [3.63, 3.8) is 0 Å². The van der Waals surface area contributed by atoms with Crippen LogP contribution in [0.25, 0.3) is 0 Å². The number of aliphatic imine (C=N–C) groups is 1. The monoisotopic (exact) mass is 541 g/mol. The fourth-order valence-electron chi connectivity index (χ4n) is 2.95. The number of carbonyl (C=O) groups excluding carboxylic acids is 1. The van der Waals surface area contributed by atoms with Crippen molar-refractivity contribution < 1.29 is 9.21 Å². The Morgan fingerprint density at radius 3 is 2.45 bits per heavy atom. The minimum absolute atomic E-state index is 0. The highest BCUT2D eigenvalue weighted by atomic mass is 127. The molecule has 2 aromatic rings. The summed E-state index contributed by atoms with van der Waals surface area (Å²) in [7, 11) is 3.75. The molecule has 0 aliphatic carbocycles. The number of halogens is 1. The quantitative estimate of drug-likeness (QED) is 0.176. The zero-order chi connectivity index (χ0) is 21.8. The van der Waals surface area contributed by atoms with Gasteiger partial charge in [-0.15, -0.1) is 24.0 Å². The second-order valence-electron chi connectivity index (χ2n) is 7.92. The third kappa shape index (κ3) is 9.63. The predicted molar refractivity (Wildman–Crippen MR) is 138 cm³/mol. The Labute approximate surface area is 203 Å². The second kappa shape index (κ2) is 14.0. The SMILES string of the molecule is CNC(=O)C(C)(C)CN=C(NCCCN(C)c1ccccc1)NCCc1ccco1.I. The lowest BCUT2D eigenvalue weighted by molar-refractivity contribution is -0.128. The average molecular weight is 541 g/mol. The van der Waals surface area contributed by atoms with Gasteiger partial charge in [-0.05, 0) is 44.5 Å². The number of nitrogens with one attached hydrogen (secondary N) is 3. The molecule has 0 saturated heterocycles. The van der Waals surface area contributed by atoms with E-state index in [0.29, 0.717) is 19.0 Å². The largest absolute Gasteiger partial charge is 0.469 e. The van der Waals surface area contributed by atoms with Crippen LogP contribution in [-0.2, 0) is 11.2 Å². The van der Waals surface area contributed by atoms with Crippen molar-refractivity contribution in [3.05, 3.63) is 54.5 Å². The lowest BCUT2D eigenvalue weighted by atomic mass is 9.93. The molecule has 1 aromatic heterocycles. The van der Waals surface area contributed by atoms with Gasteiger partial charge in [0, 0.05) is 45.8 Å². The molecule has 1 heterocycles. The fraction of sp³-hybridized carbons (Fsp3) is 0.478. The molecule has 0 aliphatic heterocycles. The summed E-state index contributed by atoms with van der Waals surface area (Å²) >= 11 is 0. The number of anilines is 1. The van der Waals surface area contributed by atoms with Gasteiger partial charge in [-0.1, -0.05) is 18.2 Å². The Balaban J connectivity index is 0.00000480. The first kappa shape index (κ1) is 26.8. The summed E-state index contributed by atoms with van der Waals surface area (Å²) in [5.74, 6) is 1.61. The van der Waals surface area contributed by atoms with Crippen LogP contribution in [-0.4, -0.2) is 52.1 Å². The first-order chi connectivity index (χ1) is 14.4. The van der Waals surface area contributed by atoms with Gasteiger partial charge in [0.1, 0.15) is 5.76 Å². The minimum Gasteiger partial charge on any atom is -0.469 e. The van der Waals surface area contributed by atoms with Crippen molar-refractivity contribution in [2.45, 2.75) is 26.7 Å². The number of amides is 1. The maximum atomic E-state index is 12.0. The molecule has 2 rings (SSSR count). The standard InChI is InChI=1S/C23H35N5O2.HI/c1-23(2,21(29)24-3)18-27-22(26-15-13-20-12-8-17-30-20)25-14-9-16-28(4)19-10-6-5-7-11-19;/h5-8,10-12,17H,9,13-16,18H2,1-4H3,(H,24,29)(H2,25,26,27);1H. The van der Waals surface area contributed by atoms with Crippen molar-refractivity contribution in [1.29, 1.82) is 0 Å². The topological polar surface area (TPSA) is 81.9 Å². The van der Waals surface area contributed by atoms with Crippen LogP contribution >= 0.6 is 24.0 Å². The van der Waals surface area contributed by atoms with Crippen LogP contribution < -0.4 is 20.9 Å². The summed E-state index contributed by atoms with van der Waals surface area (Å²) in [6.45, 7) is 6.59. The summed E-state index contributed by atoms with van der Waals surface area (Å²) in [6.07, 6.45) is 3.41. The van der Waals surface area contributed by atoms with E-state index in [-0.39, 0.29) is 29.9 Å². The summed E-state index contributed by atoms with van der Waals surface area (Å²) in [4.78, 5) is 18.9. The van der Waals surface area contributed by atoms with Crippen LogP contribution in [0.15, 0.2) is 58.1 Å². The summed E-state index contributed by atoms with van der Waals surface area (Å²) in [6, 6.07) is 14.2. The highest BCUT2D eigenvalue weighted by Crippen LogP contribution is 2.15. The third-order valence-electron chi connectivity index (χ3n) is 4.88. The molecular formula is C23H36IN5O2. The highest BCUT2D eigenvalue weighted by Gasteiger charge is 2.26. The van der Waals surface area contributed by atoms with Gasteiger partial charge in [0.25, 0.3) is 0 Å². The molecule has 0 saturated carbocycles. The van der Waals surface area contributed by atoms with E-state index in [0.717, 1.165) is 31.7 Å².